The molecule has 3 nitrogen and oxygen atoms in total. The van der Waals surface area contributed by atoms with Crippen LogP contribution in [-0.2, 0) is 6.54 Å². The van der Waals surface area contributed by atoms with Gasteiger partial charge in [-0.1, -0.05) is 0 Å². The van der Waals surface area contributed by atoms with Crippen LogP contribution >= 0.6 is 27.3 Å². The summed E-state index contributed by atoms with van der Waals surface area (Å²) < 4.78 is 2.98. The fraction of sp³-hybridized carbons (Fsp3) is 0.222. The molecule has 0 amide bonds. The third kappa shape index (κ3) is 1.99. The number of anilines is 1. The van der Waals surface area contributed by atoms with Crippen molar-refractivity contribution in [1.82, 2.24) is 9.78 Å². The molecule has 0 aliphatic carbocycles. The van der Waals surface area contributed by atoms with E-state index in [4.69, 9.17) is 5.73 Å². The van der Waals surface area contributed by atoms with Gasteiger partial charge >= 0.3 is 0 Å². The zero-order valence-corrected chi connectivity index (χ0v) is 10.1. The number of nitrogens with two attached hydrogens (primary N) is 1. The Labute approximate surface area is 94.7 Å². The third-order valence-electron chi connectivity index (χ3n) is 1.92. The Bertz CT molecular complexity index is 427. The first-order valence-corrected chi connectivity index (χ1v) is 5.85. The van der Waals surface area contributed by atoms with Crippen molar-refractivity contribution in [3.05, 3.63) is 32.6 Å². The lowest BCUT2D eigenvalue weighted by Gasteiger charge is -1.96. The molecule has 0 unspecified atom stereocenters. The highest BCUT2D eigenvalue weighted by Gasteiger charge is 2.03. The molecule has 5 heteroatoms. The second-order valence-electron chi connectivity index (χ2n) is 3.13. The van der Waals surface area contributed by atoms with E-state index in [0.29, 0.717) is 5.82 Å². The Hall–Kier alpha value is -0.810. The van der Waals surface area contributed by atoms with Gasteiger partial charge in [0.25, 0.3) is 0 Å². The number of hydrogen-bond acceptors (Lipinski definition) is 3. The summed E-state index contributed by atoms with van der Waals surface area (Å²) in [5, 5.41) is 6.27. The number of nitrogen functional groups attached to an aromatic ring is 1. The van der Waals surface area contributed by atoms with Crippen molar-refractivity contribution in [3.8, 4) is 0 Å². The van der Waals surface area contributed by atoms with Crippen LogP contribution in [0.25, 0.3) is 0 Å². The fourth-order valence-corrected chi connectivity index (χ4v) is 2.66. The summed E-state index contributed by atoms with van der Waals surface area (Å²) in [6.07, 6.45) is 1.96. The molecule has 0 spiro atoms. The molecule has 0 aliphatic rings. The number of hydrogen-bond donors (Lipinski definition) is 1. The monoisotopic (exact) mass is 271 g/mol. The molecule has 2 rings (SSSR count). The lowest BCUT2D eigenvalue weighted by Crippen LogP contribution is -1.99. The van der Waals surface area contributed by atoms with Gasteiger partial charge < -0.3 is 5.73 Å². The van der Waals surface area contributed by atoms with Crippen molar-refractivity contribution in [2.24, 2.45) is 0 Å². The van der Waals surface area contributed by atoms with Crippen LogP contribution in [0.4, 0.5) is 5.82 Å². The van der Waals surface area contributed by atoms with Crippen LogP contribution < -0.4 is 5.73 Å². The van der Waals surface area contributed by atoms with Crippen molar-refractivity contribution in [2.45, 2.75) is 13.5 Å². The van der Waals surface area contributed by atoms with Gasteiger partial charge in [-0.2, -0.15) is 5.10 Å². The van der Waals surface area contributed by atoms with Crippen molar-refractivity contribution in [2.75, 3.05) is 5.73 Å². The quantitative estimate of drug-likeness (QED) is 0.913. The average Bonchev–Trinajstić information content (AvgIpc) is 2.62. The van der Waals surface area contributed by atoms with Crippen LogP contribution in [0.5, 0.6) is 0 Å². The van der Waals surface area contributed by atoms with E-state index in [-0.39, 0.29) is 0 Å². The van der Waals surface area contributed by atoms with E-state index in [1.54, 1.807) is 11.3 Å². The minimum Gasteiger partial charge on any atom is -0.382 e. The SMILES string of the molecule is Cc1cn(Cc2cc(Br)cs2)nc1N. The Morgan fingerprint density at radius 1 is 1.64 bits per heavy atom. The first-order valence-electron chi connectivity index (χ1n) is 4.17. The van der Waals surface area contributed by atoms with E-state index in [1.165, 1.54) is 4.88 Å². The normalized spacial score (nSPS) is 10.7. The highest BCUT2D eigenvalue weighted by molar-refractivity contribution is 9.10. The highest BCUT2D eigenvalue weighted by Crippen LogP contribution is 2.20. The molecule has 14 heavy (non-hydrogen) atoms. The van der Waals surface area contributed by atoms with Crippen molar-refractivity contribution in [1.29, 1.82) is 0 Å². The predicted molar refractivity (Wildman–Crippen MR) is 62.5 cm³/mol. The summed E-state index contributed by atoms with van der Waals surface area (Å²) in [6.45, 7) is 2.75. The molecule has 0 aliphatic heterocycles. The van der Waals surface area contributed by atoms with Crippen LogP contribution in [0.3, 0.4) is 0 Å². The topological polar surface area (TPSA) is 43.8 Å². The molecule has 0 saturated heterocycles. The lowest BCUT2D eigenvalue weighted by atomic mass is 10.4. The molecule has 0 saturated carbocycles. The van der Waals surface area contributed by atoms with E-state index in [9.17, 15) is 0 Å². The molecule has 0 bridgehead atoms. The summed E-state index contributed by atoms with van der Waals surface area (Å²) in [5.74, 6) is 0.612. The molecule has 2 heterocycles. The number of aryl methyl sites for hydroxylation is 1. The van der Waals surface area contributed by atoms with Crippen molar-refractivity contribution < 1.29 is 0 Å². The summed E-state index contributed by atoms with van der Waals surface area (Å²) in [6, 6.07) is 2.10. The maximum Gasteiger partial charge on any atom is 0.148 e. The molecule has 2 aromatic rings. The Morgan fingerprint density at radius 2 is 2.43 bits per heavy atom. The third-order valence-corrected chi connectivity index (χ3v) is 3.60. The zero-order chi connectivity index (χ0) is 10.1. The van der Waals surface area contributed by atoms with Gasteiger partial charge in [0.05, 0.1) is 6.54 Å². The zero-order valence-electron chi connectivity index (χ0n) is 7.70. The number of aromatic nitrogens is 2. The molecule has 0 radical (unpaired) electrons. The number of halogens is 1. The Morgan fingerprint density at radius 3 is 2.93 bits per heavy atom. The summed E-state index contributed by atoms with van der Waals surface area (Å²) in [7, 11) is 0. The number of nitrogens with zero attached hydrogens (tertiary/aromatic N) is 2. The van der Waals surface area contributed by atoms with Gasteiger partial charge in [-0.25, -0.2) is 0 Å². The standard InChI is InChI=1S/C9H10BrN3S/c1-6-3-13(12-9(6)11)4-8-2-7(10)5-14-8/h2-3,5H,4H2,1H3,(H2,11,12). The van der Waals surface area contributed by atoms with Gasteiger partial charge in [0.1, 0.15) is 5.82 Å². The van der Waals surface area contributed by atoms with E-state index < -0.39 is 0 Å². The van der Waals surface area contributed by atoms with Gasteiger partial charge in [0.15, 0.2) is 0 Å². The average molecular weight is 272 g/mol. The smallest absolute Gasteiger partial charge is 0.148 e. The second-order valence-corrected chi connectivity index (χ2v) is 5.04. The van der Waals surface area contributed by atoms with Gasteiger partial charge in [0, 0.05) is 26.5 Å². The first kappa shape index (κ1) is 9.73. The predicted octanol–water partition coefficient (Wildman–Crippen LogP) is 2.65. The minimum absolute atomic E-state index is 0.612. The maximum absolute atomic E-state index is 5.66. The van der Waals surface area contributed by atoms with E-state index in [0.717, 1.165) is 16.6 Å². The van der Waals surface area contributed by atoms with Crippen LogP contribution in [0, 0.1) is 6.92 Å². The van der Waals surface area contributed by atoms with Gasteiger partial charge in [-0.3, -0.25) is 4.68 Å². The van der Waals surface area contributed by atoms with Crippen molar-refractivity contribution >= 4 is 33.1 Å². The summed E-state index contributed by atoms with van der Waals surface area (Å²) >= 11 is 5.13. The van der Waals surface area contributed by atoms with Crippen LogP contribution in [-0.4, -0.2) is 9.78 Å². The van der Waals surface area contributed by atoms with E-state index in [1.807, 2.05) is 17.8 Å². The number of rotatable bonds is 2. The second kappa shape index (κ2) is 3.74. The molecular formula is C9H10BrN3S. The van der Waals surface area contributed by atoms with Crippen molar-refractivity contribution in [3.63, 3.8) is 0 Å². The largest absolute Gasteiger partial charge is 0.382 e. The summed E-state index contributed by atoms with van der Waals surface area (Å²) in [4.78, 5) is 1.26. The molecule has 2 N–H and O–H groups in total. The molecule has 74 valence electrons. The molecule has 0 fully saturated rings. The minimum atomic E-state index is 0.612. The summed E-state index contributed by atoms with van der Waals surface area (Å²) in [5.41, 5.74) is 6.69. The Kier molecular flexibility index (Phi) is 2.60. The van der Waals surface area contributed by atoms with E-state index in [2.05, 4.69) is 32.5 Å². The fourth-order valence-electron chi connectivity index (χ4n) is 1.21. The highest BCUT2D eigenvalue weighted by atomic mass is 79.9. The van der Waals surface area contributed by atoms with Gasteiger partial charge in [-0.15, -0.1) is 11.3 Å². The van der Waals surface area contributed by atoms with Gasteiger partial charge in [-0.05, 0) is 28.9 Å². The van der Waals surface area contributed by atoms with Crippen LogP contribution in [0.2, 0.25) is 0 Å². The molecule has 0 atom stereocenters. The maximum atomic E-state index is 5.66. The van der Waals surface area contributed by atoms with Crippen LogP contribution in [0.15, 0.2) is 22.1 Å². The molecule has 0 aromatic carbocycles. The molecule has 2 aromatic heterocycles. The van der Waals surface area contributed by atoms with Crippen LogP contribution in [0.1, 0.15) is 10.4 Å². The first-order chi connectivity index (χ1) is 6.65. The lowest BCUT2D eigenvalue weighted by molar-refractivity contribution is 0.697. The number of thiophene rings is 1. The van der Waals surface area contributed by atoms with Gasteiger partial charge in [0.2, 0.25) is 0 Å². The molecular weight excluding hydrogens is 262 g/mol. The van der Waals surface area contributed by atoms with E-state index >= 15 is 0 Å². The Balaban J connectivity index is 2.18.